The fourth-order valence-electron chi connectivity index (χ4n) is 2.76. The lowest BCUT2D eigenvalue weighted by molar-refractivity contribution is 0.577. The molecule has 3 rings (SSSR count). The third-order valence-electron chi connectivity index (χ3n) is 4.09. The highest BCUT2D eigenvalue weighted by molar-refractivity contribution is 5.48. The zero-order valence-electron chi connectivity index (χ0n) is 11.2. The molecule has 2 nitrogen and oxygen atoms in total. The highest BCUT2D eigenvalue weighted by atomic mass is 15.1. The molecule has 2 heteroatoms. The number of piperidine rings is 1. The highest BCUT2D eigenvalue weighted by Gasteiger charge is 2.20. The van der Waals surface area contributed by atoms with E-state index in [0.29, 0.717) is 0 Å². The molecule has 0 spiro atoms. The molecule has 1 aliphatic carbocycles. The van der Waals surface area contributed by atoms with Gasteiger partial charge in [-0.15, -0.1) is 0 Å². The minimum absolute atomic E-state index is 0.968. The van der Waals surface area contributed by atoms with Gasteiger partial charge in [-0.25, -0.2) is 0 Å². The predicted octanol–water partition coefficient (Wildman–Crippen LogP) is 3.18. The Kier molecular flexibility index (Phi) is 3.84. The summed E-state index contributed by atoms with van der Waals surface area (Å²) in [5, 5.41) is 3.58. The number of hydrogen-bond donors (Lipinski definition) is 1. The maximum Gasteiger partial charge on any atom is 0.0369 e. The topological polar surface area (TPSA) is 15.3 Å². The zero-order valence-corrected chi connectivity index (χ0v) is 11.2. The second kappa shape index (κ2) is 5.75. The number of nitrogens with one attached hydrogen (secondary N) is 1. The van der Waals surface area contributed by atoms with Crippen molar-refractivity contribution in [1.29, 1.82) is 0 Å². The van der Waals surface area contributed by atoms with Gasteiger partial charge in [0.25, 0.3) is 0 Å². The fraction of sp³-hybridized carbons (Fsp3) is 0.625. The van der Waals surface area contributed by atoms with Gasteiger partial charge in [-0.1, -0.05) is 12.1 Å². The van der Waals surface area contributed by atoms with Crippen molar-refractivity contribution in [3.05, 3.63) is 29.8 Å². The minimum Gasteiger partial charge on any atom is -0.372 e. The first-order valence-electron chi connectivity index (χ1n) is 7.46. The highest BCUT2D eigenvalue weighted by Crippen LogP contribution is 2.27. The van der Waals surface area contributed by atoms with Crippen LogP contribution in [-0.2, 0) is 6.54 Å². The van der Waals surface area contributed by atoms with Crippen molar-refractivity contribution in [1.82, 2.24) is 5.32 Å². The third kappa shape index (κ3) is 3.26. The van der Waals surface area contributed by atoms with Gasteiger partial charge in [0.15, 0.2) is 0 Å². The number of nitrogens with zero attached hydrogens (tertiary/aromatic N) is 1. The number of rotatable bonds is 5. The van der Waals surface area contributed by atoms with Gasteiger partial charge in [-0.3, -0.25) is 0 Å². The second-order valence-corrected chi connectivity index (χ2v) is 5.79. The summed E-state index contributed by atoms with van der Waals surface area (Å²) in [6.07, 6.45) is 6.97. The van der Waals surface area contributed by atoms with Crippen LogP contribution in [0.2, 0.25) is 0 Å². The molecule has 0 bridgehead atoms. The van der Waals surface area contributed by atoms with Gasteiger partial charge in [0, 0.05) is 25.3 Å². The van der Waals surface area contributed by atoms with E-state index in [1.807, 2.05) is 0 Å². The second-order valence-electron chi connectivity index (χ2n) is 5.79. The van der Waals surface area contributed by atoms with Crippen LogP contribution in [-0.4, -0.2) is 19.6 Å². The molecule has 0 atom stereocenters. The summed E-state index contributed by atoms with van der Waals surface area (Å²) in [5.74, 6) is 0.968. The first kappa shape index (κ1) is 12.0. The van der Waals surface area contributed by atoms with Crippen molar-refractivity contribution in [2.45, 2.75) is 38.6 Å². The fourth-order valence-corrected chi connectivity index (χ4v) is 2.76. The van der Waals surface area contributed by atoms with Gasteiger partial charge in [0.2, 0.25) is 0 Å². The first-order chi connectivity index (χ1) is 8.92. The molecule has 1 aromatic carbocycles. The Balaban J connectivity index is 1.56. The summed E-state index contributed by atoms with van der Waals surface area (Å²) >= 11 is 0. The molecule has 1 heterocycles. The summed E-state index contributed by atoms with van der Waals surface area (Å²) < 4.78 is 0. The first-order valence-corrected chi connectivity index (χ1v) is 7.46. The smallest absolute Gasteiger partial charge is 0.0369 e. The molecule has 0 radical (unpaired) electrons. The molecule has 0 aromatic heterocycles. The third-order valence-corrected chi connectivity index (χ3v) is 4.09. The monoisotopic (exact) mass is 244 g/mol. The largest absolute Gasteiger partial charge is 0.372 e. The Morgan fingerprint density at radius 1 is 1.11 bits per heavy atom. The molecule has 1 saturated carbocycles. The van der Waals surface area contributed by atoms with E-state index in [0.717, 1.165) is 12.5 Å². The lowest BCUT2D eigenvalue weighted by atomic mass is 10.1. The van der Waals surface area contributed by atoms with E-state index in [9.17, 15) is 0 Å². The zero-order chi connectivity index (χ0) is 12.2. The van der Waals surface area contributed by atoms with Crippen LogP contribution in [0.15, 0.2) is 24.3 Å². The molecule has 0 unspecified atom stereocenters. The van der Waals surface area contributed by atoms with Crippen LogP contribution in [0.1, 0.15) is 37.7 Å². The molecule has 2 fully saturated rings. The van der Waals surface area contributed by atoms with E-state index in [1.165, 1.54) is 63.0 Å². The molecule has 1 aliphatic heterocycles. The van der Waals surface area contributed by atoms with Gasteiger partial charge < -0.3 is 10.2 Å². The van der Waals surface area contributed by atoms with E-state index in [4.69, 9.17) is 0 Å². The molecular formula is C16H24N2. The number of anilines is 1. The van der Waals surface area contributed by atoms with Crippen LogP contribution >= 0.6 is 0 Å². The Morgan fingerprint density at radius 3 is 2.72 bits per heavy atom. The van der Waals surface area contributed by atoms with Gasteiger partial charge in [-0.05, 0) is 62.3 Å². The van der Waals surface area contributed by atoms with E-state index >= 15 is 0 Å². The van der Waals surface area contributed by atoms with Crippen molar-refractivity contribution < 1.29 is 0 Å². The van der Waals surface area contributed by atoms with Crippen molar-refractivity contribution in [3.63, 3.8) is 0 Å². The average molecular weight is 244 g/mol. The maximum atomic E-state index is 3.58. The Hall–Kier alpha value is -1.02. The minimum atomic E-state index is 0.968. The van der Waals surface area contributed by atoms with Crippen LogP contribution in [0.3, 0.4) is 0 Å². The van der Waals surface area contributed by atoms with Crippen LogP contribution in [0.25, 0.3) is 0 Å². The SMILES string of the molecule is c1cc(CNCC2CC2)cc(N2CCCCC2)c1. The van der Waals surface area contributed by atoms with Crippen LogP contribution < -0.4 is 10.2 Å². The van der Waals surface area contributed by atoms with E-state index in [2.05, 4.69) is 34.5 Å². The molecule has 98 valence electrons. The van der Waals surface area contributed by atoms with E-state index in [-0.39, 0.29) is 0 Å². The summed E-state index contributed by atoms with van der Waals surface area (Å²) in [4.78, 5) is 2.54. The van der Waals surface area contributed by atoms with Crippen molar-refractivity contribution in [2.75, 3.05) is 24.5 Å². The standard InChI is InChI=1S/C16H24N2/c1-2-9-18(10-3-1)16-6-4-5-15(11-16)13-17-12-14-7-8-14/h4-6,11,14,17H,1-3,7-10,12-13H2. The molecule has 1 saturated heterocycles. The van der Waals surface area contributed by atoms with E-state index < -0.39 is 0 Å². The van der Waals surface area contributed by atoms with Crippen molar-refractivity contribution in [2.24, 2.45) is 5.92 Å². The maximum absolute atomic E-state index is 3.58. The summed E-state index contributed by atoms with van der Waals surface area (Å²) in [5.41, 5.74) is 2.85. The van der Waals surface area contributed by atoms with Crippen LogP contribution in [0.5, 0.6) is 0 Å². The molecule has 1 N–H and O–H groups in total. The van der Waals surface area contributed by atoms with Gasteiger partial charge in [-0.2, -0.15) is 0 Å². The lowest BCUT2D eigenvalue weighted by Gasteiger charge is -2.29. The number of benzene rings is 1. The van der Waals surface area contributed by atoms with Crippen LogP contribution in [0.4, 0.5) is 5.69 Å². The van der Waals surface area contributed by atoms with Gasteiger partial charge in [0.05, 0.1) is 0 Å². The Labute approximate surface area is 110 Å². The quantitative estimate of drug-likeness (QED) is 0.856. The van der Waals surface area contributed by atoms with Crippen LogP contribution in [0, 0.1) is 5.92 Å². The summed E-state index contributed by atoms with van der Waals surface area (Å²) in [7, 11) is 0. The normalized spacial score (nSPS) is 20.1. The summed E-state index contributed by atoms with van der Waals surface area (Å²) in [6.45, 7) is 4.70. The molecule has 1 aromatic rings. The Bertz CT molecular complexity index is 378. The molecule has 18 heavy (non-hydrogen) atoms. The lowest BCUT2D eigenvalue weighted by Crippen LogP contribution is -2.29. The predicted molar refractivity (Wildman–Crippen MR) is 76.9 cm³/mol. The summed E-state index contributed by atoms with van der Waals surface area (Å²) in [6, 6.07) is 9.08. The Morgan fingerprint density at radius 2 is 1.94 bits per heavy atom. The van der Waals surface area contributed by atoms with Crippen molar-refractivity contribution >= 4 is 5.69 Å². The molecule has 0 amide bonds. The van der Waals surface area contributed by atoms with Gasteiger partial charge in [0.1, 0.15) is 0 Å². The molecular weight excluding hydrogens is 220 g/mol. The molecule has 2 aliphatic rings. The van der Waals surface area contributed by atoms with E-state index in [1.54, 1.807) is 0 Å². The van der Waals surface area contributed by atoms with Crippen molar-refractivity contribution in [3.8, 4) is 0 Å². The van der Waals surface area contributed by atoms with Gasteiger partial charge >= 0.3 is 0 Å². The number of hydrogen-bond acceptors (Lipinski definition) is 2. The average Bonchev–Trinajstić information content (AvgIpc) is 3.24.